The summed E-state index contributed by atoms with van der Waals surface area (Å²) in [5.74, 6) is 0.785. The lowest BCUT2D eigenvalue weighted by molar-refractivity contribution is 0.0697. The number of carboxylic acids is 1. The second kappa shape index (κ2) is 7.74. The molecule has 0 radical (unpaired) electrons. The molecular weight excluding hydrogens is 284 g/mol. The van der Waals surface area contributed by atoms with Crippen molar-refractivity contribution in [1.82, 2.24) is 0 Å². The molecule has 0 spiro atoms. The molecule has 1 N–H and O–H groups in total. The molecule has 0 fully saturated rings. The van der Waals surface area contributed by atoms with Gasteiger partial charge in [-0.3, -0.25) is 0 Å². The van der Waals surface area contributed by atoms with Crippen LogP contribution in [0.3, 0.4) is 0 Å². The molecule has 0 aromatic heterocycles. The zero-order valence-electron chi connectivity index (χ0n) is 11.9. The third-order valence-electron chi connectivity index (χ3n) is 2.95. The highest BCUT2D eigenvalue weighted by atomic mass is 32.2. The smallest absolute Gasteiger partial charge is 0.335 e. The maximum atomic E-state index is 10.7. The van der Waals surface area contributed by atoms with Crippen molar-refractivity contribution in [3.05, 3.63) is 59.7 Å². The van der Waals surface area contributed by atoms with Gasteiger partial charge in [0.2, 0.25) is 0 Å². The van der Waals surface area contributed by atoms with Gasteiger partial charge in [-0.15, -0.1) is 11.8 Å². The summed E-state index contributed by atoms with van der Waals surface area (Å²) in [6, 6.07) is 15.0. The second-order valence-electron chi connectivity index (χ2n) is 4.69. The number of hydrogen-bond acceptors (Lipinski definition) is 3. The summed E-state index contributed by atoms with van der Waals surface area (Å²) in [4.78, 5) is 12.0. The number of aromatic carboxylic acids is 1. The van der Waals surface area contributed by atoms with Crippen molar-refractivity contribution in [3.63, 3.8) is 0 Å². The fraction of sp³-hybridized carbons (Fsp3) is 0.235. The summed E-state index contributed by atoms with van der Waals surface area (Å²) in [5, 5.41) is 8.80. The maximum absolute atomic E-state index is 10.7. The van der Waals surface area contributed by atoms with Crippen LogP contribution in [0.4, 0.5) is 0 Å². The van der Waals surface area contributed by atoms with Gasteiger partial charge in [-0.05, 0) is 49.7 Å². The second-order valence-corrected chi connectivity index (χ2v) is 5.86. The van der Waals surface area contributed by atoms with E-state index in [1.54, 1.807) is 24.3 Å². The summed E-state index contributed by atoms with van der Waals surface area (Å²) in [6.07, 6.45) is 0.944. The molecule has 2 aromatic rings. The summed E-state index contributed by atoms with van der Waals surface area (Å²) in [5.41, 5.74) is 1.55. The van der Waals surface area contributed by atoms with Gasteiger partial charge in [-0.1, -0.05) is 17.7 Å². The van der Waals surface area contributed by atoms with E-state index >= 15 is 0 Å². The number of carbonyl (C=O) groups is 1. The SMILES string of the molecule is Cc1ccc(SCCCOc2ccc(C(=O)O)cc2)cc1. The Morgan fingerprint density at radius 1 is 1.10 bits per heavy atom. The molecule has 2 rings (SSSR count). The van der Waals surface area contributed by atoms with E-state index in [0.717, 1.165) is 12.2 Å². The third-order valence-corrected chi connectivity index (χ3v) is 4.05. The molecular formula is C17H18O3S. The number of benzene rings is 2. The van der Waals surface area contributed by atoms with Crippen LogP contribution in [0.15, 0.2) is 53.4 Å². The van der Waals surface area contributed by atoms with Gasteiger partial charge in [0.15, 0.2) is 0 Å². The Morgan fingerprint density at radius 2 is 1.76 bits per heavy atom. The van der Waals surface area contributed by atoms with Gasteiger partial charge in [0, 0.05) is 10.6 Å². The van der Waals surface area contributed by atoms with Crippen LogP contribution in [-0.4, -0.2) is 23.4 Å². The minimum Gasteiger partial charge on any atom is -0.494 e. The topological polar surface area (TPSA) is 46.5 Å². The summed E-state index contributed by atoms with van der Waals surface area (Å²) in [6.45, 7) is 2.71. The zero-order valence-corrected chi connectivity index (χ0v) is 12.7. The molecule has 0 saturated heterocycles. The first-order chi connectivity index (χ1) is 10.1. The van der Waals surface area contributed by atoms with E-state index in [2.05, 4.69) is 31.2 Å². The first-order valence-corrected chi connectivity index (χ1v) is 7.79. The average molecular weight is 302 g/mol. The predicted octanol–water partition coefficient (Wildman–Crippen LogP) is 4.25. The lowest BCUT2D eigenvalue weighted by Crippen LogP contribution is -2.00. The molecule has 0 amide bonds. The van der Waals surface area contributed by atoms with E-state index in [1.165, 1.54) is 10.5 Å². The van der Waals surface area contributed by atoms with Crippen LogP contribution >= 0.6 is 11.8 Å². The number of rotatable bonds is 7. The Labute approximate surface area is 129 Å². The minimum atomic E-state index is -0.920. The summed E-state index contributed by atoms with van der Waals surface area (Å²) in [7, 11) is 0. The molecule has 0 aliphatic carbocycles. The van der Waals surface area contributed by atoms with Crippen molar-refractivity contribution in [2.45, 2.75) is 18.2 Å². The van der Waals surface area contributed by atoms with E-state index in [1.807, 2.05) is 11.8 Å². The molecule has 0 saturated carbocycles. The zero-order chi connectivity index (χ0) is 15.1. The van der Waals surface area contributed by atoms with Crippen molar-refractivity contribution in [3.8, 4) is 5.75 Å². The molecule has 3 nitrogen and oxygen atoms in total. The fourth-order valence-corrected chi connectivity index (χ4v) is 2.59. The number of thioether (sulfide) groups is 1. The highest BCUT2D eigenvalue weighted by molar-refractivity contribution is 7.99. The first kappa shape index (κ1) is 15.4. The molecule has 0 unspecified atom stereocenters. The Bertz CT molecular complexity index is 576. The van der Waals surface area contributed by atoms with Crippen LogP contribution < -0.4 is 4.74 Å². The normalized spacial score (nSPS) is 10.3. The lowest BCUT2D eigenvalue weighted by Gasteiger charge is -2.06. The van der Waals surface area contributed by atoms with Crippen molar-refractivity contribution in [2.75, 3.05) is 12.4 Å². The molecule has 0 bridgehead atoms. The standard InChI is InChI=1S/C17H18O3S/c1-13-3-9-16(10-4-13)21-12-2-11-20-15-7-5-14(6-8-15)17(18)19/h3-10H,2,11-12H2,1H3,(H,18,19). The maximum Gasteiger partial charge on any atom is 0.335 e. The van der Waals surface area contributed by atoms with Crippen molar-refractivity contribution in [1.29, 1.82) is 0 Å². The first-order valence-electron chi connectivity index (χ1n) is 6.81. The van der Waals surface area contributed by atoms with Crippen LogP contribution in [0.1, 0.15) is 22.3 Å². The van der Waals surface area contributed by atoms with E-state index < -0.39 is 5.97 Å². The lowest BCUT2D eigenvalue weighted by atomic mass is 10.2. The Balaban J connectivity index is 1.67. The molecule has 0 aliphatic rings. The van der Waals surface area contributed by atoms with E-state index in [0.29, 0.717) is 12.4 Å². The Hall–Kier alpha value is -1.94. The van der Waals surface area contributed by atoms with Gasteiger partial charge in [-0.2, -0.15) is 0 Å². The average Bonchev–Trinajstić information content (AvgIpc) is 2.49. The number of ether oxygens (including phenoxy) is 1. The molecule has 21 heavy (non-hydrogen) atoms. The van der Waals surface area contributed by atoms with Gasteiger partial charge < -0.3 is 9.84 Å². The van der Waals surface area contributed by atoms with Crippen molar-refractivity contribution >= 4 is 17.7 Å². The van der Waals surface area contributed by atoms with E-state index in [-0.39, 0.29) is 5.56 Å². The molecule has 4 heteroatoms. The molecule has 2 aromatic carbocycles. The van der Waals surface area contributed by atoms with Crippen molar-refractivity contribution < 1.29 is 14.6 Å². The van der Waals surface area contributed by atoms with Crippen molar-refractivity contribution in [2.24, 2.45) is 0 Å². The van der Waals surface area contributed by atoms with E-state index in [9.17, 15) is 4.79 Å². The molecule has 0 aliphatic heterocycles. The minimum absolute atomic E-state index is 0.275. The van der Waals surface area contributed by atoms with Crippen LogP contribution in [0.5, 0.6) is 5.75 Å². The highest BCUT2D eigenvalue weighted by Gasteiger charge is 2.02. The van der Waals surface area contributed by atoms with E-state index in [4.69, 9.17) is 9.84 Å². The van der Waals surface area contributed by atoms with Gasteiger partial charge in [0.05, 0.1) is 12.2 Å². The number of hydrogen-bond donors (Lipinski definition) is 1. The third kappa shape index (κ3) is 5.16. The Morgan fingerprint density at radius 3 is 2.38 bits per heavy atom. The number of carboxylic acid groups (broad SMARTS) is 1. The van der Waals surface area contributed by atoms with Crippen LogP contribution in [0.25, 0.3) is 0 Å². The summed E-state index contributed by atoms with van der Waals surface area (Å²) < 4.78 is 5.59. The largest absolute Gasteiger partial charge is 0.494 e. The van der Waals surface area contributed by atoms with Gasteiger partial charge in [0.1, 0.15) is 5.75 Å². The fourth-order valence-electron chi connectivity index (χ4n) is 1.77. The molecule has 110 valence electrons. The molecule has 0 heterocycles. The van der Waals surface area contributed by atoms with Crippen LogP contribution in [0.2, 0.25) is 0 Å². The molecule has 0 atom stereocenters. The highest BCUT2D eigenvalue weighted by Crippen LogP contribution is 2.19. The summed E-state index contributed by atoms with van der Waals surface area (Å²) >= 11 is 1.81. The number of aryl methyl sites for hydroxylation is 1. The Kier molecular flexibility index (Phi) is 5.69. The van der Waals surface area contributed by atoms with Crippen LogP contribution in [0, 0.1) is 6.92 Å². The van der Waals surface area contributed by atoms with Gasteiger partial charge >= 0.3 is 5.97 Å². The van der Waals surface area contributed by atoms with Crippen LogP contribution in [-0.2, 0) is 0 Å². The van der Waals surface area contributed by atoms with Gasteiger partial charge in [-0.25, -0.2) is 4.79 Å². The van der Waals surface area contributed by atoms with Gasteiger partial charge in [0.25, 0.3) is 0 Å². The predicted molar refractivity (Wildman–Crippen MR) is 85.4 cm³/mol. The monoisotopic (exact) mass is 302 g/mol. The quantitative estimate of drug-likeness (QED) is 0.613.